The van der Waals surface area contributed by atoms with Crippen LogP contribution in [0.2, 0.25) is 0 Å². The summed E-state index contributed by atoms with van der Waals surface area (Å²) in [6.07, 6.45) is 29.6. The van der Waals surface area contributed by atoms with E-state index in [-0.39, 0.29) is 24.1 Å². The van der Waals surface area contributed by atoms with Gasteiger partial charge in [-0.3, -0.25) is 14.5 Å². The first kappa shape index (κ1) is 56.6. The Balaban J connectivity index is 2.27. The lowest BCUT2D eigenvalue weighted by Crippen LogP contribution is -2.47. The Bertz CT molecular complexity index is 1090. The number of rotatable bonds is 40. The number of carbonyl (C=O) groups is 4. The van der Waals surface area contributed by atoms with Gasteiger partial charge in [0.25, 0.3) is 0 Å². The smallest absolute Gasteiger partial charge is 0.409 e. The third kappa shape index (κ3) is 37.8. The van der Waals surface area contributed by atoms with Gasteiger partial charge >= 0.3 is 24.1 Å². The number of hydrogen-bond acceptors (Lipinski definition) is 12. The van der Waals surface area contributed by atoms with Crippen LogP contribution in [0.4, 0.5) is 9.59 Å². The van der Waals surface area contributed by atoms with Gasteiger partial charge in [0.2, 0.25) is 0 Å². The Morgan fingerprint density at radius 1 is 0.574 bits per heavy atom. The fourth-order valence-corrected chi connectivity index (χ4v) is 8.31. The Morgan fingerprint density at radius 3 is 1.57 bits per heavy atom. The van der Waals surface area contributed by atoms with Gasteiger partial charge in [-0.15, -0.1) is 0 Å². The molecule has 61 heavy (non-hydrogen) atoms. The number of ether oxygens (including phenoxy) is 4. The van der Waals surface area contributed by atoms with Crippen molar-refractivity contribution in [3.63, 3.8) is 0 Å². The maximum atomic E-state index is 13.1. The van der Waals surface area contributed by atoms with E-state index in [0.29, 0.717) is 70.4 Å². The summed E-state index contributed by atoms with van der Waals surface area (Å²) < 4.78 is 21.6. The minimum atomic E-state index is -0.382. The number of carbonyl (C=O) groups excluding carboxylic acids is 4. The summed E-state index contributed by atoms with van der Waals surface area (Å²) in [5.74, 6) is 1.03. The van der Waals surface area contributed by atoms with Gasteiger partial charge in [0, 0.05) is 76.7 Å². The van der Waals surface area contributed by atoms with Crippen molar-refractivity contribution in [2.45, 2.75) is 155 Å². The number of esters is 2. The number of nitrogens with one attached hydrogen (secondary N) is 1. The third-order valence-corrected chi connectivity index (χ3v) is 12.8. The van der Waals surface area contributed by atoms with E-state index in [4.69, 9.17) is 18.9 Å². The van der Waals surface area contributed by atoms with E-state index < -0.39 is 0 Å². The fraction of sp³-hybridized carbons (Fsp3) is 0.830. The molecule has 0 spiro atoms. The van der Waals surface area contributed by atoms with E-state index in [0.717, 1.165) is 110 Å². The Labute approximate surface area is 379 Å². The van der Waals surface area contributed by atoms with E-state index in [1.807, 2.05) is 17.1 Å². The SMILES string of the molecule is CCCCCC/C=C\COC(=O)CCCCCCCN(CCCCCCCC(=O)OC/C=C\CCCCCC)C(=O)OCCSSCCOC(=O)NCCN1CCN(C)CC1. The molecule has 0 aliphatic carbocycles. The molecule has 0 aromatic heterocycles. The summed E-state index contributed by atoms with van der Waals surface area (Å²) in [7, 11) is 5.33. The van der Waals surface area contributed by atoms with Crippen LogP contribution >= 0.6 is 21.6 Å². The monoisotopic (exact) mass is 899 g/mol. The number of hydrogen-bond donors (Lipinski definition) is 1. The highest BCUT2D eigenvalue weighted by Gasteiger charge is 2.16. The number of likely N-dealkylation sites (N-methyl/N-ethyl adjacent to an activating group) is 1. The minimum absolute atomic E-state index is 0.138. The number of alkyl carbamates (subject to hydrolysis) is 1. The molecule has 0 unspecified atom stereocenters. The molecule has 1 rings (SSSR count). The molecule has 1 N–H and O–H groups in total. The number of unbranched alkanes of at least 4 members (excludes halogenated alkanes) is 16. The van der Waals surface area contributed by atoms with Crippen LogP contribution in [0.15, 0.2) is 24.3 Å². The van der Waals surface area contributed by atoms with Gasteiger partial charge in [-0.2, -0.15) is 0 Å². The lowest BCUT2D eigenvalue weighted by atomic mass is 10.1. The molecule has 0 saturated carbocycles. The van der Waals surface area contributed by atoms with Crippen LogP contribution < -0.4 is 5.32 Å². The van der Waals surface area contributed by atoms with Gasteiger partial charge in [0.15, 0.2) is 0 Å². The largest absolute Gasteiger partial charge is 0.461 e. The first-order valence-corrected chi connectivity index (χ1v) is 26.4. The zero-order valence-corrected chi connectivity index (χ0v) is 40.3. The van der Waals surface area contributed by atoms with Crippen molar-refractivity contribution < 1.29 is 38.1 Å². The van der Waals surface area contributed by atoms with Crippen LogP contribution in [0, 0.1) is 0 Å². The highest BCUT2D eigenvalue weighted by atomic mass is 33.1. The van der Waals surface area contributed by atoms with E-state index >= 15 is 0 Å². The molecule has 0 bridgehead atoms. The molecule has 0 atom stereocenters. The first-order chi connectivity index (χ1) is 29.8. The lowest BCUT2D eigenvalue weighted by molar-refractivity contribution is -0.143. The second kappa shape index (κ2) is 42.9. The van der Waals surface area contributed by atoms with E-state index in [1.54, 1.807) is 21.6 Å². The standard InChI is InChI=1S/C47H86N4O8S2/c1-4-6-8-10-12-20-26-38-56-44(52)28-22-16-14-18-24-31-51(32-25-19-15-17-23-29-45(53)57-39-27-21-13-11-9-7-5-2)47(55)59-41-43-61-60-42-40-58-46(54)48-30-33-50-36-34-49(3)35-37-50/h20-21,26-27H,4-19,22-25,28-43H2,1-3H3,(H,48,54)/b26-20-,27-21-. The molecule has 1 heterocycles. The van der Waals surface area contributed by atoms with E-state index in [2.05, 4.69) is 48.2 Å². The highest BCUT2D eigenvalue weighted by Crippen LogP contribution is 2.20. The van der Waals surface area contributed by atoms with E-state index in [9.17, 15) is 19.2 Å². The molecule has 2 amide bonds. The minimum Gasteiger partial charge on any atom is -0.461 e. The van der Waals surface area contributed by atoms with Crippen molar-refractivity contribution in [2.24, 2.45) is 0 Å². The van der Waals surface area contributed by atoms with Crippen LogP contribution in [0.1, 0.15) is 155 Å². The first-order valence-electron chi connectivity index (χ1n) is 23.9. The quantitative estimate of drug-likeness (QED) is 0.0207. The molecule has 1 saturated heterocycles. The predicted octanol–water partition coefficient (Wildman–Crippen LogP) is 10.6. The normalized spacial score (nSPS) is 13.5. The number of allylic oxidation sites excluding steroid dienone is 2. The van der Waals surface area contributed by atoms with Crippen molar-refractivity contribution in [3.8, 4) is 0 Å². The molecule has 1 fully saturated rings. The Kier molecular flexibility index (Phi) is 39.8. The summed E-state index contributed by atoms with van der Waals surface area (Å²) in [5, 5.41) is 2.83. The summed E-state index contributed by atoms with van der Waals surface area (Å²) in [4.78, 5) is 55.8. The van der Waals surface area contributed by atoms with Crippen molar-refractivity contribution >= 4 is 45.7 Å². The van der Waals surface area contributed by atoms with Crippen molar-refractivity contribution in [3.05, 3.63) is 24.3 Å². The Morgan fingerprint density at radius 2 is 1.05 bits per heavy atom. The molecule has 12 nitrogen and oxygen atoms in total. The maximum Gasteiger partial charge on any atom is 0.409 e. The molecule has 0 aromatic carbocycles. The summed E-state index contributed by atoms with van der Waals surface area (Å²) in [5.41, 5.74) is 0. The average Bonchev–Trinajstić information content (AvgIpc) is 3.25. The molecule has 14 heteroatoms. The zero-order valence-electron chi connectivity index (χ0n) is 38.7. The number of amides is 2. The fourth-order valence-electron chi connectivity index (χ4n) is 6.65. The van der Waals surface area contributed by atoms with Crippen LogP contribution in [0.25, 0.3) is 0 Å². The average molecular weight is 899 g/mol. The highest BCUT2D eigenvalue weighted by molar-refractivity contribution is 8.76. The van der Waals surface area contributed by atoms with Gasteiger partial charge in [-0.1, -0.05) is 137 Å². The molecular formula is C47H86N4O8S2. The topological polar surface area (TPSA) is 127 Å². The van der Waals surface area contributed by atoms with Crippen LogP contribution in [-0.2, 0) is 28.5 Å². The van der Waals surface area contributed by atoms with Gasteiger partial charge in [0.1, 0.15) is 26.4 Å². The summed E-state index contributed by atoms with van der Waals surface area (Å²) in [6, 6.07) is 0. The van der Waals surface area contributed by atoms with Gasteiger partial charge in [0.05, 0.1) is 0 Å². The van der Waals surface area contributed by atoms with Gasteiger partial charge in [-0.25, -0.2) is 9.59 Å². The summed E-state index contributed by atoms with van der Waals surface area (Å²) >= 11 is 0. The number of nitrogens with zero attached hydrogens (tertiary/aromatic N) is 3. The van der Waals surface area contributed by atoms with Crippen molar-refractivity contribution in [1.29, 1.82) is 0 Å². The van der Waals surface area contributed by atoms with Crippen LogP contribution in [0.5, 0.6) is 0 Å². The lowest BCUT2D eigenvalue weighted by Gasteiger charge is -2.32. The van der Waals surface area contributed by atoms with Crippen molar-refractivity contribution in [1.82, 2.24) is 20.0 Å². The molecule has 354 valence electrons. The summed E-state index contributed by atoms with van der Waals surface area (Å²) in [6.45, 7) is 12.6. The third-order valence-electron chi connectivity index (χ3n) is 10.5. The van der Waals surface area contributed by atoms with Crippen LogP contribution in [0.3, 0.4) is 0 Å². The molecular weight excluding hydrogens is 813 g/mol. The molecule has 0 radical (unpaired) electrons. The van der Waals surface area contributed by atoms with Gasteiger partial charge < -0.3 is 34.1 Å². The zero-order chi connectivity index (χ0) is 44.3. The van der Waals surface area contributed by atoms with Gasteiger partial charge in [-0.05, 0) is 58.4 Å². The van der Waals surface area contributed by atoms with Crippen LogP contribution in [-0.4, -0.2) is 136 Å². The second-order valence-corrected chi connectivity index (χ2v) is 18.7. The number of piperazine rings is 1. The van der Waals surface area contributed by atoms with E-state index in [1.165, 1.54) is 51.4 Å². The maximum absolute atomic E-state index is 13.1. The predicted molar refractivity (Wildman–Crippen MR) is 254 cm³/mol. The second-order valence-electron chi connectivity index (χ2n) is 16.0. The van der Waals surface area contributed by atoms with Crippen molar-refractivity contribution in [2.75, 3.05) is 97.3 Å². The molecule has 0 aromatic rings. The molecule has 1 aliphatic heterocycles. The molecule has 1 aliphatic rings. The Hall–Kier alpha value is -2.42.